The van der Waals surface area contributed by atoms with Gasteiger partial charge in [0.2, 0.25) is 0 Å². The molecule has 0 saturated carbocycles. The number of hydrogen-bond acceptors (Lipinski definition) is 2. The minimum absolute atomic E-state index is 0.238. The number of halogens is 2. The van der Waals surface area contributed by atoms with Crippen molar-refractivity contribution < 1.29 is 9.13 Å². The fraction of sp³-hybridized carbons (Fsp3) is 0.294. The van der Waals surface area contributed by atoms with Gasteiger partial charge in [0.05, 0.1) is 11.6 Å². The third-order valence-electron chi connectivity index (χ3n) is 3.53. The Morgan fingerprint density at radius 2 is 1.71 bits per heavy atom. The first-order valence-electron chi connectivity index (χ1n) is 6.89. The summed E-state index contributed by atoms with van der Waals surface area (Å²) >= 11 is 3.22. The molecule has 2 rings (SSSR count). The highest BCUT2D eigenvalue weighted by molar-refractivity contribution is 9.10. The number of hydrogen-bond donors (Lipinski definition) is 1. The standard InChI is InChI=1S/C17H19BrFNO/c1-21-15-5-2-12(3-6-15)8-14(11-20)9-13-4-7-17(19)16(18)10-13/h2-7,10,14H,8-9,11,20H2,1H3. The first kappa shape index (κ1) is 16.0. The van der Waals surface area contributed by atoms with Crippen LogP contribution in [0.4, 0.5) is 4.39 Å². The van der Waals surface area contributed by atoms with Gasteiger partial charge in [-0.25, -0.2) is 4.39 Å². The number of ether oxygens (including phenoxy) is 1. The SMILES string of the molecule is COc1ccc(CC(CN)Cc2ccc(F)c(Br)c2)cc1. The average Bonchev–Trinajstić information content (AvgIpc) is 2.51. The van der Waals surface area contributed by atoms with E-state index < -0.39 is 0 Å². The van der Waals surface area contributed by atoms with Gasteiger partial charge in [0.15, 0.2) is 0 Å². The fourth-order valence-electron chi connectivity index (χ4n) is 2.33. The van der Waals surface area contributed by atoms with Crippen molar-refractivity contribution in [1.29, 1.82) is 0 Å². The summed E-state index contributed by atoms with van der Waals surface area (Å²) in [6, 6.07) is 13.2. The van der Waals surface area contributed by atoms with Gasteiger partial charge in [0.1, 0.15) is 11.6 Å². The van der Waals surface area contributed by atoms with Crippen LogP contribution in [0.1, 0.15) is 11.1 Å². The van der Waals surface area contributed by atoms with Crippen molar-refractivity contribution in [3.8, 4) is 5.75 Å². The van der Waals surface area contributed by atoms with E-state index in [4.69, 9.17) is 10.5 Å². The lowest BCUT2D eigenvalue weighted by molar-refractivity contribution is 0.414. The molecule has 2 aromatic rings. The Hall–Kier alpha value is -1.39. The molecule has 4 heteroatoms. The number of nitrogens with two attached hydrogens (primary N) is 1. The second-order valence-electron chi connectivity index (χ2n) is 5.11. The van der Waals surface area contributed by atoms with Crippen LogP contribution in [0.15, 0.2) is 46.9 Å². The van der Waals surface area contributed by atoms with Crippen LogP contribution < -0.4 is 10.5 Å². The second-order valence-corrected chi connectivity index (χ2v) is 5.96. The zero-order valence-electron chi connectivity index (χ0n) is 12.0. The monoisotopic (exact) mass is 351 g/mol. The zero-order chi connectivity index (χ0) is 15.2. The fourth-order valence-corrected chi connectivity index (χ4v) is 2.76. The maximum absolute atomic E-state index is 13.3. The summed E-state index contributed by atoms with van der Waals surface area (Å²) in [6.07, 6.45) is 1.73. The van der Waals surface area contributed by atoms with E-state index in [1.54, 1.807) is 7.11 Å². The van der Waals surface area contributed by atoms with Crippen LogP contribution in [0.25, 0.3) is 0 Å². The third-order valence-corrected chi connectivity index (χ3v) is 4.13. The molecule has 1 atom stereocenters. The minimum Gasteiger partial charge on any atom is -0.497 e. The van der Waals surface area contributed by atoms with Crippen molar-refractivity contribution >= 4 is 15.9 Å². The molecule has 21 heavy (non-hydrogen) atoms. The predicted molar refractivity (Wildman–Crippen MR) is 87.0 cm³/mol. The molecule has 2 nitrogen and oxygen atoms in total. The largest absolute Gasteiger partial charge is 0.497 e. The number of rotatable bonds is 6. The lowest BCUT2D eigenvalue weighted by atomic mass is 9.92. The molecule has 0 aromatic heterocycles. The summed E-state index contributed by atoms with van der Waals surface area (Å²) < 4.78 is 18.9. The summed E-state index contributed by atoms with van der Waals surface area (Å²) in [7, 11) is 1.66. The van der Waals surface area contributed by atoms with E-state index in [-0.39, 0.29) is 5.82 Å². The van der Waals surface area contributed by atoms with E-state index >= 15 is 0 Å². The highest BCUT2D eigenvalue weighted by Crippen LogP contribution is 2.21. The van der Waals surface area contributed by atoms with Crippen molar-refractivity contribution in [2.24, 2.45) is 11.7 Å². The Balaban J connectivity index is 2.03. The first-order valence-corrected chi connectivity index (χ1v) is 7.68. The predicted octanol–water partition coefficient (Wildman–Crippen LogP) is 3.96. The van der Waals surface area contributed by atoms with E-state index in [1.165, 1.54) is 11.6 Å². The molecule has 2 N–H and O–H groups in total. The normalized spacial score (nSPS) is 12.2. The van der Waals surface area contributed by atoms with Crippen molar-refractivity contribution in [3.63, 3.8) is 0 Å². The first-order chi connectivity index (χ1) is 10.1. The van der Waals surface area contributed by atoms with Gasteiger partial charge in [-0.15, -0.1) is 0 Å². The number of benzene rings is 2. The molecule has 0 bridgehead atoms. The molecule has 0 fully saturated rings. The lowest BCUT2D eigenvalue weighted by Gasteiger charge is -2.15. The van der Waals surface area contributed by atoms with Crippen LogP contribution >= 0.6 is 15.9 Å². The topological polar surface area (TPSA) is 35.2 Å². The minimum atomic E-state index is -0.238. The quantitative estimate of drug-likeness (QED) is 0.854. The summed E-state index contributed by atoms with van der Waals surface area (Å²) in [5.74, 6) is 0.944. The van der Waals surface area contributed by atoms with Gasteiger partial charge in [0.25, 0.3) is 0 Å². The highest BCUT2D eigenvalue weighted by atomic mass is 79.9. The molecular weight excluding hydrogens is 333 g/mol. The molecule has 0 aliphatic rings. The van der Waals surface area contributed by atoms with Gasteiger partial charge >= 0.3 is 0 Å². The molecule has 0 amide bonds. The van der Waals surface area contributed by atoms with Gasteiger partial charge in [-0.3, -0.25) is 0 Å². The Bertz CT molecular complexity index is 586. The van der Waals surface area contributed by atoms with Crippen LogP contribution in [0.2, 0.25) is 0 Å². The van der Waals surface area contributed by atoms with E-state index in [9.17, 15) is 4.39 Å². The van der Waals surface area contributed by atoms with Gasteiger partial charge < -0.3 is 10.5 Å². The van der Waals surface area contributed by atoms with E-state index in [0.717, 1.165) is 24.2 Å². The van der Waals surface area contributed by atoms with Crippen molar-refractivity contribution in [2.45, 2.75) is 12.8 Å². The molecular formula is C17H19BrFNO. The van der Waals surface area contributed by atoms with Crippen LogP contribution in [0.5, 0.6) is 5.75 Å². The summed E-state index contributed by atoms with van der Waals surface area (Å²) in [5, 5.41) is 0. The maximum atomic E-state index is 13.3. The van der Waals surface area contributed by atoms with Crippen molar-refractivity contribution in [2.75, 3.05) is 13.7 Å². The van der Waals surface area contributed by atoms with Crippen LogP contribution in [0, 0.1) is 11.7 Å². The summed E-state index contributed by atoms with van der Waals surface area (Å²) in [6.45, 7) is 0.598. The van der Waals surface area contributed by atoms with Gasteiger partial charge in [-0.1, -0.05) is 18.2 Å². The molecule has 0 aliphatic carbocycles. The summed E-state index contributed by atoms with van der Waals surface area (Å²) in [4.78, 5) is 0. The lowest BCUT2D eigenvalue weighted by Crippen LogP contribution is -2.19. The molecule has 0 aliphatic heterocycles. The van der Waals surface area contributed by atoms with Gasteiger partial charge in [0, 0.05) is 0 Å². The maximum Gasteiger partial charge on any atom is 0.137 e. The zero-order valence-corrected chi connectivity index (χ0v) is 13.6. The molecule has 1 unspecified atom stereocenters. The van der Waals surface area contributed by atoms with Crippen LogP contribution in [-0.4, -0.2) is 13.7 Å². The van der Waals surface area contributed by atoms with E-state index in [1.807, 2.05) is 24.3 Å². The Kier molecular flexibility index (Phi) is 5.76. The van der Waals surface area contributed by atoms with Gasteiger partial charge in [-0.2, -0.15) is 0 Å². The Labute approximate surface area is 133 Å². The molecule has 0 saturated heterocycles. The Morgan fingerprint density at radius 1 is 1.10 bits per heavy atom. The van der Waals surface area contributed by atoms with Crippen LogP contribution in [-0.2, 0) is 12.8 Å². The smallest absolute Gasteiger partial charge is 0.137 e. The summed E-state index contributed by atoms with van der Waals surface area (Å²) in [5.41, 5.74) is 8.20. The Morgan fingerprint density at radius 3 is 2.29 bits per heavy atom. The third kappa shape index (κ3) is 4.55. The average molecular weight is 352 g/mol. The number of methoxy groups -OCH3 is 1. The molecule has 2 aromatic carbocycles. The van der Waals surface area contributed by atoms with Crippen molar-refractivity contribution in [1.82, 2.24) is 0 Å². The van der Waals surface area contributed by atoms with Gasteiger partial charge in [-0.05, 0) is 76.6 Å². The molecule has 0 heterocycles. The second kappa shape index (κ2) is 7.57. The van der Waals surface area contributed by atoms with E-state index in [2.05, 4.69) is 28.1 Å². The molecule has 112 valence electrons. The molecule has 0 spiro atoms. The molecule has 0 radical (unpaired) electrons. The van der Waals surface area contributed by atoms with Crippen molar-refractivity contribution in [3.05, 3.63) is 63.9 Å². The van der Waals surface area contributed by atoms with E-state index in [0.29, 0.717) is 16.9 Å². The van der Waals surface area contributed by atoms with Crippen LogP contribution in [0.3, 0.4) is 0 Å². The highest BCUT2D eigenvalue weighted by Gasteiger charge is 2.10.